The summed E-state index contributed by atoms with van der Waals surface area (Å²) in [5.41, 5.74) is 2.21. The van der Waals surface area contributed by atoms with E-state index in [1.54, 1.807) is 24.3 Å². The molecule has 0 amide bonds. The Hall–Kier alpha value is -2.73. The number of aromatic hydroxyl groups is 2. The average molecular weight is 431 g/mol. The van der Waals surface area contributed by atoms with Gasteiger partial charge >= 0.3 is 0 Å². The van der Waals surface area contributed by atoms with Gasteiger partial charge in [0.05, 0.1) is 5.56 Å². The summed E-state index contributed by atoms with van der Waals surface area (Å²) in [4.78, 5) is 11.7. The van der Waals surface area contributed by atoms with Crippen LogP contribution in [0.3, 0.4) is 0 Å². The van der Waals surface area contributed by atoms with Gasteiger partial charge in [0.25, 0.3) is 0 Å². The fraction of sp³-hybridized carbons (Fsp3) is 0.190. The molecule has 3 rings (SSSR count). The van der Waals surface area contributed by atoms with Crippen molar-refractivity contribution in [3.8, 4) is 17.2 Å². The van der Waals surface area contributed by atoms with Crippen LogP contribution in [0.25, 0.3) is 5.76 Å². The summed E-state index contributed by atoms with van der Waals surface area (Å²) in [5.74, 6) is -1.49. The Balaban J connectivity index is 2.21. The van der Waals surface area contributed by atoms with Crippen LogP contribution in [0.1, 0.15) is 36.5 Å². The molecule has 2 aromatic carbocycles. The van der Waals surface area contributed by atoms with Crippen LogP contribution in [-0.4, -0.2) is 21.6 Å². The lowest BCUT2D eigenvalue weighted by Gasteiger charge is -2.27. The number of carbonyl (C=O) groups is 1. The van der Waals surface area contributed by atoms with Gasteiger partial charge in [-0.1, -0.05) is 27.6 Å². The molecule has 0 saturated carbocycles. The zero-order chi connectivity index (χ0) is 19.7. The standard InChI is InChI=1S/C21H19BrO5/c1-11(2)3-8-14-16(24)9-17(25)18-15(10-23)19(26)20(27-21(14)18)12-4-6-13(22)7-5-12/h3-7,9-10,15,24-26H,8H2,1-2H3. The number of hydrogen-bond donors (Lipinski definition) is 3. The van der Waals surface area contributed by atoms with Crippen LogP contribution < -0.4 is 4.74 Å². The Morgan fingerprint density at radius 1 is 1.15 bits per heavy atom. The molecule has 1 aliphatic heterocycles. The fourth-order valence-electron chi connectivity index (χ4n) is 2.98. The summed E-state index contributed by atoms with van der Waals surface area (Å²) < 4.78 is 6.79. The van der Waals surface area contributed by atoms with Gasteiger partial charge in [-0.3, -0.25) is 0 Å². The molecular weight excluding hydrogens is 412 g/mol. The second-order valence-corrected chi connectivity index (χ2v) is 7.47. The molecule has 0 aromatic heterocycles. The van der Waals surface area contributed by atoms with Gasteiger partial charge < -0.3 is 24.9 Å². The lowest BCUT2D eigenvalue weighted by molar-refractivity contribution is -0.109. The van der Waals surface area contributed by atoms with Crippen molar-refractivity contribution in [2.24, 2.45) is 0 Å². The van der Waals surface area contributed by atoms with Crippen LogP contribution in [0.4, 0.5) is 0 Å². The van der Waals surface area contributed by atoms with Crippen LogP contribution in [0, 0.1) is 0 Å². The predicted molar refractivity (Wildman–Crippen MR) is 106 cm³/mol. The minimum absolute atomic E-state index is 0.121. The number of halogens is 1. The van der Waals surface area contributed by atoms with E-state index in [0.717, 1.165) is 10.0 Å². The Morgan fingerprint density at radius 2 is 1.81 bits per heavy atom. The molecular formula is C21H19BrO5. The van der Waals surface area contributed by atoms with E-state index in [2.05, 4.69) is 15.9 Å². The van der Waals surface area contributed by atoms with Gasteiger partial charge in [-0.2, -0.15) is 0 Å². The van der Waals surface area contributed by atoms with E-state index >= 15 is 0 Å². The number of phenols is 2. The summed E-state index contributed by atoms with van der Waals surface area (Å²) in [6.07, 6.45) is 2.82. The van der Waals surface area contributed by atoms with Crippen LogP contribution in [0.15, 0.2) is 52.2 Å². The Kier molecular flexibility index (Phi) is 5.28. The molecule has 5 nitrogen and oxygen atoms in total. The van der Waals surface area contributed by atoms with Crippen molar-refractivity contribution in [1.29, 1.82) is 0 Å². The maximum atomic E-state index is 11.7. The first kappa shape index (κ1) is 19.0. The first-order valence-electron chi connectivity index (χ1n) is 8.36. The van der Waals surface area contributed by atoms with Crippen molar-refractivity contribution in [3.63, 3.8) is 0 Å². The second kappa shape index (κ2) is 7.48. The molecule has 1 aliphatic rings. The van der Waals surface area contributed by atoms with Gasteiger partial charge in [-0.25, -0.2) is 0 Å². The predicted octanol–water partition coefficient (Wildman–Crippen LogP) is 4.97. The van der Waals surface area contributed by atoms with Crippen molar-refractivity contribution in [2.45, 2.75) is 26.2 Å². The maximum Gasteiger partial charge on any atom is 0.173 e. The number of aliphatic hydroxyl groups is 1. The lowest BCUT2D eigenvalue weighted by atomic mass is 9.89. The number of ether oxygens (including phenoxy) is 1. The number of rotatable bonds is 4. The highest BCUT2D eigenvalue weighted by molar-refractivity contribution is 9.10. The maximum absolute atomic E-state index is 11.7. The second-order valence-electron chi connectivity index (χ2n) is 6.56. The zero-order valence-corrected chi connectivity index (χ0v) is 16.4. The SMILES string of the molecule is CC(C)=CCc1c(O)cc(O)c2c1OC(c1ccc(Br)cc1)=C(O)C2C=O. The van der Waals surface area contributed by atoms with E-state index in [1.165, 1.54) is 6.07 Å². The Bertz CT molecular complexity index is 954. The molecule has 1 unspecified atom stereocenters. The minimum Gasteiger partial charge on any atom is -0.507 e. The van der Waals surface area contributed by atoms with Crippen molar-refractivity contribution < 1.29 is 24.9 Å². The highest BCUT2D eigenvalue weighted by atomic mass is 79.9. The van der Waals surface area contributed by atoms with Gasteiger partial charge in [0.15, 0.2) is 11.5 Å². The van der Waals surface area contributed by atoms with E-state index in [-0.39, 0.29) is 34.3 Å². The zero-order valence-electron chi connectivity index (χ0n) is 14.9. The van der Waals surface area contributed by atoms with E-state index in [1.807, 2.05) is 19.9 Å². The normalized spacial score (nSPS) is 15.7. The number of allylic oxidation sites excluding steroid dienone is 3. The first-order chi connectivity index (χ1) is 12.8. The van der Waals surface area contributed by atoms with Gasteiger partial charge in [-0.15, -0.1) is 0 Å². The van der Waals surface area contributed by atoms with E-state index in [4.69, 9.17) is 4.74 Å². The van der Waals surface area contributed by atoms with E-state index in [9.17, 15) is 20.1 Å². The molecule has 27 heavy (non-hydrogen) atoms. The van der Waals surface area contributed by atoms with Crippen molar-refractivity contribution in [2.75, 3.05) is 0 Å². The number of carbonyl (C=O) groups excluding carboxylic acids is 1. The summed E-state index contributed by atoms with van der Waals surface area (Å²) in [6.45, 7) is 3.86. The van der Waals surface area contributed by atoms with Crippen LogP contribution in [0.2, 0.25) is 0 Å². The molecule has 0 radical (unpaired) electrons. The third-order valence-corrected chi connectivity index (χ3v) is 4.91. The monoisotopic (exact) mass is 430 g/mol. The smallest absolute Gasteiger partial charge is 0.173 e. The molecule has 6 heteroatoms. The Morgan fingerprint density at radius 3 is 2.41 bits per heavy atom. The highest BCUT2D eigenvalue weighted by Gasteiger charge is 2.35. The molecule has 0 fully saturated rings. The van der Waals surface area contributed by atoms with Crippen LogP contribution >= 0.6 is 15.9 Å². The van der Waals surface area contributed by atoms with Crippen molar-refractivity contribution in [3.05, 3.63) is 68.9 Å². The summed E-state index contributed by atoms with van der Waals surface area (Å²) in [7, 11) is 0. The van der Waals surface area contributed by atoms with Crippen molar-refractivity contribution in [1.82, 2.24) is 0 Å². The van der Waals surface area contributed by atoms with Gasteiger partial charge in [0, 0.05) is 21.7 Å². The number of aldehydes is 1. The molecule has 140 valence electrons. The molecule has 1 heterocycles. The number of phenolic OH excluding ortho intramolecular Hbond substituents is 2. The van der Waals surface area contributed by atoms with Crippen LogP contribution in [0.5, 0.6) is 17.2 Å². The largest absolute Gasteiger partial charge is 0.507 e. The number of fused-ring (bicyclic) bond motifs is 1. The third kappa shape index (κ3) is 3.57. The lowest BCUT2D eigenvalue weighted by Crippen LogP contribution is -2.17. The molecule has 0 aliphatic carbocycles. The number of benzene rings is 2. The Labute approximate surface area is 165 Å². The molecule has 2 aromatic rings. The van der Waals surface area contributed by atoms with E-state index in [0.29, 0.717) is 23.8 Å². The fourth-order valence-corrected chi connectivity index (χ4v) is 3.25. The van der Waals surface area contributed by atoms with Crippen LogP contribution in [-0.2, 0) is 11.2 Å². The molecule has 3 N–H and O–H groups in total. The molecule has 0 saturated heterocycles. The minimum atomic E-state index is -1.08. The van der Waals surface area contributed by atoms with Gasteiger partial charge in [0.2, 0.25) is 0 Å². The van der Waals surface area contributed by atoms with Crippen molar-refractivity contribution >= 4 is 28.0 Å². The summed E-state index contributed by atoms with van der Waals surface area (Å²) in [5, 5.41) is 31.3. The molecule has 0 spiro atoms. The quantitative estimate of drug-likeness (QED) is 0.470. The first-order valence-corrected chi connectivity index (χ1v) is 9.16. The molecule has 1 atom stereocenters. The number of aliphatic hydroxyl groups excluding tert-OH is 1. The molecule has 0 bridgehead atoms. The topological polar surface area (TPSA) is 87.0 Å². The average Bonchev–Trinajstić information content (AvgIpc) is 2.62. The van der Waals surface area contributed by atoms with Gasteiger partial charge in [0.1, 0.15) is 29.5 Å². The van der Waals surface area contributed by atoms with E-state index < -0.39 is 5.92 Å². The third-order valence-electron chi connectivity index (χ3n) is 4.38. The highest BCUT2D eigenvalue weighted by Crippen LogP contribution is 2.49. The van der Waals surface area contributed by atoms with Gasteiger partial charge in [-0.05, 0) is 44.5 Å². The summed E-state index contributed by atoms with van der Waals surface area (Å²) >= 11 is 3.35. The number of hydrogen-bond acceptors (Lipinski definition) is 5. The summed E-state index contributed by atoms with van der Waals surface area (Å²) in [6, 6.07) is 8.22.